The molecule has 3 aromatic heterocycles. The molecule has 5 aromatic rings. The van der Waals surface area contributed by atoms with Crippen LogP contribution in [0, 0.1) is 6.92 Å². The molecule has 0 aliphatic rings. The van der Waals surface area contributed by atoms with Crippen molar-refractivity contribution in [3.8, 4) is 11.3 Å². The molecule has 6 nitrogen and oxygen atoms in total. The minimum atomic E-state index is 0.515. The predicted octanol–water partition coefficient (Wildman–Crippen LogP) is 4.45. The maximum absolute atomic E-state index is 4.65. The monoisotopic (exact) mass is 358 g/mol. The van der Waals surface area contributed by atoms with E-state index in [0.29, 0.717) is 11.8 Å². The largest absolute Gasteiger partial charge is 0.306 e. The fourth-order valence-electron chi connectivity index (χ4n) is 2.85. The van der Waals surface area contributed by atoms with Crippen molar-refractivity contribution in [1.29, 1.82) is 0 Å². The van der Waals surface area contributed by atoms with Gasteiger partial charge in [0.1, 0.15) is 0 Å². The standard InChI is InChI=1S/C19H14N6S/c1-12-17(21-15-10-6-5-9-14(15)20-12)22-18-23-19-25(24-18)16(11-26-19)13-7-3-2-4-8-13/h2-11H,1H3,(H,21,22,24). The highest BCUT2D eigenvalue weighted by Crippen LogP contribution is 2.26. The highest BCUT2D eigenvalue weighted by molar-refractivity contribution is 7.15. The van der Waals surface area contributed by atoms with Gasteiger partial charge in [0.15, 0.2) is 5.82 Å². The van der Waals surface area contributed by atoms with Gasteiger partial charge < -0.3 is 5.32 Å². The van der Waals surface area contributed by atoms with Crippen molar-refractivity contribution in [2.75, 3.05) is 5.32 Å². The Morgan fingerprint density at radius 2 is 1.62 bits per heavy atom. The van der Waals surface area contributed by atoms with E-state index in [0.717, 1.165) is 32.9 Å². The van der Waals surface area contributed by atoms with Gasteiger partial charge in [-0.3, -0.25) is 0 Å². The highest BCUT2D eigenvalue weighted by Gasteiger charge is 2.13. The first-order valence-corrected chi connectivity index (χ1v) is 9.06. The van der Waals surface area contributed by atoms with Crippen LogP contribution in [0.3, 0.4) is 0 Å². The van der Waals surface area contributed by atoms with Crippen LogP contribution in [-0.2, 0) is 0 Å². The first-order chi connectivity index (χ1) is 12.8. The van der Waals surface area contributed by atoms with Crippen molar-refractivity contribution in [3.63, 3.8) is 0 Å². The van der Waals surface area contributed by atoms with Gasteiger partial charge in [-0.1, -0.05) is 42.5 Å². The minimum Gasteiger partial charge on any atom is -0.306 e. The number of aromatic nitrogens is 5. The van der Waals surface area contributed by atoms with E-state index in [1.54, 1.807) is 11.3 Å². The summed E-state index contributed by atoms with van der Waals surface area (Å²) >= 11 is 1.56. The summed E-state index contributed by atoms with van der Waals surface area (Å²) < 4.78 is 1.85. The SMILES string of the molecule is Cc1nc2ccccc2nc1Nc1nc2scc(-c3ccccc3)n2n1. The van der Waals surface area contributed by atoms with Crippen LogP contribution in [0.1, 0.15) is 5.69 Å². The Balaban J connectivity index is 1.54. The lowest BCUT2D eigenvalue weighted by molar-refractivity contribution is 0.986. The number of nitrogens with one attached hydrogen (secondary N) is 1. The van der Waals surface area contributed by atoms with Crippen LogP contribution >= 0.6 is 11.3 Å². The molecule has 26 heavy (non-hydrogen) atoms. The summed E-state index contributed by atoms with van der Waals surface area (Å²) in [4.78, 5) is 14.6. The Morgan fingerprint density at radius 1 is 0.885 bits per heavy atom. The first-order valence-electron chi connectivity index (χ1n) is 8.18. The highest BCUT2D eigenvalue weighted by atomic mass is 32.1. The summed E-state index contributed by atoms with van der Waals surface area (Å²) in [6.07, 6.45) is 0. The molecule has 0 amide bonds. The molecule has 0 fully saturated rings. The van der Waals surface area contributed by atoms with Crippen molar-refractivity contribution in [2.45, 2.75) is 6.92 Å². The summed E-state index contributed by atoms with van der Waals surface area (Å²) in [5.74, 6) is 1.19. The molecular weight excluding hydrogens is 344 g/mol. The topological polar surface area (TPSA) is 68.0 Å². The van der Waals surface area contributed by atoms with Crippen molar-refractivity contribution >= 4 is 39.1 Å². The van der Waals surface area contributed by atoms with Crippen molar-refractivity contribution in [3.05, 3.63) is 65.7 Å². The van der Waals surface area contributed by atoms with Gasteiger partial charge in [0.05, 0.1) is 22.4 Å². The van der Waals surface area contributed by atoms with Crippen molar-refractivity contribution in [1.82, 2.24) is 24.6 Å². The van der Waals surface area contributed by atoms with E-state index in [4.69, 9.17) is 0 Å². The second kappa shape index (κ2) is 5.89. The number of fused-ring (bicyclic) bond motifs is 2. The van der Waals surface area contributed by atoms with E-state index in [9.17, 15) is 0 Å². The van der Waals surface area contributed by atoms with Crippen LogP contribution < -0.4 is 5.32 Å². The summed E-state index contributed by atoms with van der Waals surface area (Å²) in [6, 6.07) is 18.0. The Bertz CT molecular complexity index is 1220. The zero-order valence-electron chi connectivity index (χ0n) is 13.9. The average Bonchev–Trinajstić information content (AvgIpc) is 3.23. The third-order valence-electron chi connectivity index (χ3n) is 4.13. The van der Waals surface area contributed by atoms with Crippen LogP contribution in [0.25, 0.3) is 27.3 Å². The van der Waals surface area contributed by atoms with E-state index in [-0.39, 0.29) is 0 Å². The number of thiazole rings is 1. The molecule has 7 heteroatoms. The van der Waals surface area contributed by atoms with Gasteiger partial charge in [0.2, 0.25) is 10.9 Å². The lowest BCUT2D eigenvalue weighted by Crippen LogP contribution is -2.01. The summed E-state index contributed by atoms with van der Waals surface area (Å²) in [7, 11) is 0. The molecule has 0 saturated heterocycles. The van der Waals surface area contributed by atoms with E-state index < -0.39 is 0 Å². The second-order valence-electron chi connectivity index (χ2n) is 5.89. The molecule has 0 atom stereocenters. The van der Waals surface area contributed by atoms with Crippen molar-refractivity contribution in [2.24, 2.45) is 0 Å². The number of anilines is 2. The molecule has 3 heterocycles. The molecule has 5 rings (SSSR count). The molecule has 126 valence electrons. The van der Waals surface area contributed by atoms with E-state index in [2.05, 4.69) is 42.9 Å². The number of aryl methyl sites for hydroxylation is 1. The maximum Gasteiger partial charge on any atom is 0.249 e. The summed E-state index contributed by atoms with van der Waals surface area (Å²) in [5, 5.41) is 9.88. The van der Waals surface area contributed by atoms with Gasteiger partial charge in [-0.05, 0) is 19.1 Å². The molecule has 2 aromatic carbocycles. The van der Waals surface area contributed by atoms with Crippen molar-refractivity contribution < 1.29 is 0 Å². The first kappa shape index (κ1) is 15.0. The number of hydrogen-bond donors (Lipinski definition) is 1. The molecule has 0 aliphatic carbocycles. The van der Waals surface area contributed by atoms with Gasteiger partial charge in [-0.15, -0.1) is 16.4 Å². The second-order valence-corrected chi connectivity index (χ2v) is 6.72. The third-order valence-corrected chi connectivity index (χ3v) is 4.94. The van der Waals surface area contributed by atoms with Crippen LogP contribution in [-0.4, -0.2) is 24.6 Å². The fraction of sp³-hybridized carbons (Fsp3) is 0.0526. The molecule has 0 saturated carbocycles. The number of para-hydroxylation sites is 2. The molecule has 0 spiro atoms. The third kappa shape index (κ3) is 2.49. The lowest BCUT2D eigenvalue weighted by Gasteiger charge is -2.06. The maximum atomic E-state index is 4.65. The van der Waals surface area contributed by atoms with E-state index in [1.165, 1.54) is 0 Å². The normalized spacial score (nSPS) is 11.3. The number of rotatable bonds is 3. The average molecular weight is 358 g/mol. The quantitative estimate of drug-likeness (QED) is 0.516. The van der Waals surface area contributed by atoms with Gasteiger partial charge in [0, 0.05) is 10.9 Å². The smallest absolute Gasteiger partial charge is 0.249 e. The van der Waals surface area contributed by atoms with Gasteiger partial charge in [0.25, 0.3) is 0 Å². The minimum absolute atomic E-state index is 0.515. The molecule has 0 aliphatic heterocycles. The van der Waals surface area contributed by atoms with Gasteiger partial charge in [-0.25, -0.2) is 14.5 Å². The zero-order chi connectivity index (χ0) is 17.5. The number of hydrogen-bond acceptors (Lipinski definition) is 6. The Morgan fingerprint density at radius 3 is 2.42 bits per heavy atom. The van der Waals surface area contributed by atoms with E-state index >= 15 is 0 Å². The van der Waals surface area contributed by atoms with Crippen LogP contribution in [0.5, 0.6) is 0 Å². The van der Waals surface area contributed by atoms with Gasteiger partial charge >= 0.3 is 0 Å². The summed E-state index contributed by atoms with van der Waals surface area (Å²) in [5.41, 5.74) is 4.65. The Kier molecular flexibility index (Phi) is 3.39. The van der Waals surface area contributed by atoms with Crippen LogP contribution in [0.4, 0.5) is 11.8 Å². The molecule has 0 unspecified atom stereocenters. The van der Waals surface area contributed by atoms with E-state index in [1.807, 2.05) is 53.9 Å². The fourth-order valence-corrected chi connectivity index (χ4v) is 3.69. The lowest BCUT2D eigenvalue weighted by atomic mass is 10.2. The molecule has 0 bridgehead atoms. The molecule has 1 N–H and O–H groups in total. The predicted molar refractivity (Wildman–Crippen MR) is 104 cm³/mol. The Labute approximate surface area is 153 Å². The number of nitrogens with zero attached hydrogens (tertiary/aromatic N) is 5. The van der Waals surface area contributed by atoms with Crippen LogP contribution in [0.2, 0.25) is 0 Å². The Hall–Kier alpha value is -3.32. The van der Waals surface area contributed by atoms with Gasteiger partial charge in [-0.2, -0.15) is 4.98 Å². The van der Waals surface area contributed by atoms with Crippen LogP contribution in [0.15, 0.2) is 60.0 Å². The number of benzene rings is 2. The summed E-state index contributed by atoms with van der Waals surface area (Å²) in [6.45, 7) is 1.93. The molecular formula is C19H14N6S. The molecule has 0 radical (unpaired) electrons. The zero-order valence-corrected chi connectivity index (χ0v) is 14.7.